The molecule has 62 heavy (non-hydrogen) atoms. The highest BCUT2D eigenvalue weighted by molar-refractivity contribution is 5.97. The number of esters is 1. The number of likely N-dealkylation sites (tertiary alicyclic amines) is 2. The van der Waals surface area contributed by atoms with Crippen LogP contribution in [0.25, 0.3) is 22.3 Å². The molecule has 0 aliphatic carbocycles. The molecule has 2 N–H and O–H groups in total. The molecule has 2 fully saturated rings. The lowest BCUT2D eigenvalue weighted by molar-refractivity contribution is 0.0600. The third-order valence-corrected chi connectivity index (χ3v) is 11.3. The van der Waals surface area contributed by atoms with Crippen LogP contribution in [0.5, 0.6) is 0 Å². The van der Waals surface area contributed by atoms with Crippen LogP contribution in [-0.4, -0.2) is 73.4 Å². The molecule has 2 aliphatic rings. The number of Topliss-reactive ketones (excluding diaryl/α,β-unsaturated/α-hetero) is 1. The number of urea groups is 2. The number of hydrogen-bond donors (Lipinski definition) is 1. The van der Waals surface area contributed by atoms with E-state index in [1.54, 1.807) is 54.2 Å². The first-order valence-electron chi connectivity index (χ1n) is 21.2. The highest BCUT2D eigenvalue weighted by Crippen LogP contribution is 2.28. The SMILES string of the molecule is COC(=O)c1ccc(CN(C(=O)N2CCCCC2)c2ccc(-c3ccoc3)cc2)cc1.NCC(=O)c1ccc(CN(C(=O)N2CCCCC2)c2ccc(-c3ccoc3)cc2)cc1. The van der Waals surface area contributed by atoms with Gasteiger partial charge in [-0.15, -0.1) is 0 Å². The van der Waals surface area contributed by atoms with Crippen molar-refractivity contribution < 1.29 is 32.7 Å². The summed E-state index contributed by atoms with van der Waals surface area (Å²) < 4.78 is 15.1. The molecule has 4 aromatic carbocycles. The van der Waals surface area contributed by atoms with Gasteiger partial charge in [0.05, 0.1) is 57.4 Å². The summed E-state index contributed by atoms with van der Waals surface area (Å²) in [6, 6.07) is 34.2. The van der Waals surface area contributed by atoms with Crippen LogP contribution in [0.4, 0.5) is 21.0 Å². The fraction of sp³-hybridized carbons (Fsp3) is 0.280. The van der Waals surface area contributed by atoms with E-state index < -0.39 is 0 Å². The number of piperidine rings is 2. The number of anilines is 2. The van der Waals surface area contributed by atoms with Crippen molar-refractivity contribution in [1.29, 1.82) is 0 Å². The highest BCUT2D eigenvalue weighted by Gasteiger charge is 2.26. The van der Waals surface area contributed by atoms with Crippen molar-refractivity contribution in [1.82, 2.24) is 9.80 Å². The molecule has 4 heterocycles. The maximum Gasteiger partial charge on any atom is 0.337 e. The maximum absolute atomic E-state index is 13.4. The normalized spacial score (nSPS) is 13.7. The third kappa shape index (κ3) is 10.9. The standard InChI is InChI=1S/C25H27N3O3.C25H26N2O4/c26-16-24(29)21-6-4-19(5-7-21)17-28(25(30)27-13-2-1-3-14-27)23-10-8-20(9-11-23)22-12-15-31-18-22;1-30-24(28)21-7-5-19(6-8-21)17-27(25(29)26-14-3-2-4-15-26)23-11-9-20(10-12-23)22-13-16-31-18-22/h4-12,15,18H,1-3,13-14,16-17,26H2;5-13,16,18H,2-4,14-15,17H2,1H3. The molecule has 2 saturated heterocycles. The number of methoxy groups -OCH3 is 1. The molecule has 0 saturated carbocycles. The van der Waals surface area contributed by atoms with Crippen molar-refractivity contribution in [3.8, 4) is 22.3 Å². The van der Waals surface area contributed by atoms with E-state index in [1.165, 1.54) is 13.5 Å². The summed E-state index contributed by atoms with van der Waals surface area (Å²) in [6.07, 6.45) is 13.2. The lowest BCUT2D eigenvalue weighted by atomic mass is 10.1. The Bertz CT molecular complexity index is 2180. The Hall–Kier alpha value is -6.92. The minimum Gasteiger partial charge on any atom is -0.472 e. The molecule has 0 unspecified atom stereocenters. The zero-order valence-electron chi connectivity index (χ0n) is 35.1. The number of hydrogen-bond acceptors (Lipinski definition) is 8. The average Bonchev–Trinajstić information content (AvgIpc) is 4.10. The van der Waals surface area contributed by atoms with E-state index in [0.29, 0.717) is 24.2 Å². The molecule has 12 nitrogen and oxygen atoms in total. The Balaban J connectivity index is 0.000000186. The number of nitrogens with two attached hydrogens (primary N) is 1. The topological polar surface area (TPSA) is 143 Å². The fourth-order valence-corrected chi connectivity index (χ4v) is 7.72. The van der Waals surface area contributed by atoms with E-state index in [2.05, 4.69) is 0 Å². The Morgan fingerprint density at radius 3 is 1.29 bits per heavy atom. The zero-order valence-corrected chi connectivity index (χ0v) is 35.1. The zero-order chi connectivity index (χ0) is 43.3. The van der Waals surface area contributed by atoms with Gasteiger partial charge in [-0.1, -0.05) is 60.7 Å². The van der Waals surface area contributed by atoms with E-state index in [9.17, 15) is 19.2 Å². The van der Waals surface area contributed by atoms with Crippen LogP contribution in [0.3, 0.4) is 0 Å². The predicted octanol–water partition coefficient (Wildman–Crippen LogP) is 10.0. The maximum atomic E-state index is 13.4. The van der Waals surface area contributed by atoms with Crippen LogP contribution in [0.1, 0.15) is 70.4 Å². The summed E-state index contributed by atoms with van der Waals surface area (Å²) in [7, 11) is 1.36. The van der Waals surface area contributed by atoms with Crippen LogP contribution in [0, 0.1) is 0 Å². The van der Waals surface area contributed by atoms with Crippen molar-refractivity contribution in [2.24, 2.45) is 5.73 Å². The van der Waals surface area contributed by atoms with Crippen LogP contribution in [0.15, 0.2) is 143 Å². The Labute approximate surface area is 362 Å². The number of rotatable bonds is 11. The fourth-order valence-electron chi connectivity index (χ4n) is 7.72. The minimum atomic E-state index is -0.373. The first-order valence-corrected chi connectivity index (χ1v) is 21.2. The Kier molecular flexibility index (Phi) is 14.7. The second-order valence-corrected chi connectivity index (χ2v) is 15.5. The molecule has 0 spiro atoms. The molecular formula is C50H53N5O7. The summed E-state index contributed by atoms with van der Waals surface area (Å²) in [5.74, 6) is -0.467. The van der Waals surface area contributed by atoms with Gasteiger partial charge in [0.2, 0.25) is 0 Å². The molecular weight excluding hydrogens is 783 g/mol. The van der Waals surface area contributed by atoms with Gasteiger partial charge in [0.25, 0.3) is 0 Å². The number of benzene rings is 4. The van der Waals surface area contributed by atoms with Crippen molar-refractivity contribution in [3.05, 3.63) is 157 Å². The number of carbonyl (C=O) groups is 4. The Morgan fingerprint density at radius 1 is 0.532 bits per heavy atom. The quantitative estimate of drug-likeness (QED) is 0.100. The number of amides is 4. The second kappa shape index (κ2) is 21.0. The van der Waals surface area contributed by atoms with Crippen LogP contribution < -0.4 is 15.5 Å². The summed E-state index contributed by atoms with van der Waals surface area (Å²) in [4.78, 5) is 57.8. The molecule has 0 bridgehead atoms. The van der Waals surface area contributed by atoms with Gasteiger partial charge in [-0.3, -0.25) is 14.6 Å². The van der Waals surface area contributed by atoms with E-state index >= 15 is 0 Å². The van der Waals surface area contributed by atoms with Crippen LogP contribution in [-0.2, 0) is 17.8 Å². The second-order valence-electron chi connectivity index (χ2n) is 15.5. The number of carbonyl (C=O) groups excluding carboxylic acids is 4. The number of ketones is 1. The van der Waals surface area contributed by atoms with E-state index in [0.717, 1.165) is 103 Å². The van der Waals surface area contributed by atoms with Gasteiger partial charge in [-0.05, 0) is 109 Å². The smallest absolute Gasteiger partial charge is 0.337 e. The van der Waals surface area contributed by atoms with Crippen molar-refractivity contribution in [2.45, 2.75) is 51.6 Å². The van der Waals surface area contributed by atoms with Gasteiger partial charge >= 0.3 is 18.0 Å². The molecule has 320 valence electrons. The minimum absolute atomic E-state index is 0.00723. The lowest BCUT2D eigenvalue weighted by Gasteiger charge is -2.33. The lowest BCUT2D eigenvalue weighted by Crippen LogP contribution is -2.45. The van der Waals surface area contributed by atoms with Gasteiger partial charge in [0.1, 0.15) is 0 Å². The molecule has 12 heteroatoms. The highest BCUT2D eigenvalue weighted by atomic mass is 16.5. The molecule has 4 amide bonds. The number of nitrogens with zero attached hydrogens (tertiary/aromatic N) is 4. The largest absolute Gasteiger partial charge is 0.472 e. The summed E-state index contributed by atoms with van der Waals surface area (Å²) in [5, 5.41) is 0. The predicted molar refractivity (Wildman–Crippen MR) is 240 cm³/mol. The molecule has 2 aliphatic heterocycles. The van der Waals surface area contributed by atoms with Gasteiger partial charge in [-0.25, -0.2) is 14.4 Å². The first-order chi connectivity index (χ1) is 30.3. The van der Waals surface area contributed by atoms with E-state index in [1.807, 2.05) is 99.6 Å². The van der Waals surface area contributed by atoms with Crippen molar-refractivity contribution in [2.75, 3.05) is 49.6 Å². The first kappa shape index (κ1) is 43.2. The number of furan rings is 2. The van der Waals surface area contributed by atoms with Gasteiger partial charge in [0.15, 0.2) is 5.78 Å². The summed E-state index contributed by atoms with van der Waals surface area (Å²) >= 11 is 0. The average molecular weight is 836 g/mol. The van der Waals surface area contributed by atoms with Gasteiger partial charge in [-0.2, -0.15) is 0 Å². The van der Waals surface area contributed by atoms with E-state index in [4.69, 9.17) is 19.3 Å². The summed E-state index contributed by atoms with van der Waals surface area (Å²) in [5.41, 5.74) is 14.2. The monoisotopic (exact) mass is 835 g/mol. The molecule has 6 aromatic rings. The molecule has 8 rings (SSSR count). The third-order valence-electron chi connectivity index (χ3n) is 11.3. The molecule has 2 aromatic heterocycles. The van der Waals surface area contributed by atoms with Crippen molar-refractivity contribution >= 4 is 35.2 Å². The van der Waals surface area contributed by atoms with Crippen LogP contribution >= 0.6 is 0 Å². The Morgan fingerprint density at radius 2 is 0.935 bits per heavy atom. The molecule has 0 radical (unpaired) electrons. The summed E-state index contributed by atoms with van der Waals surface area (Å²) in [6.45, 7) is 3.97. The van der Waals surface area contributed by atoms with Crippen LogP contribution in [0.2, 0.25) is 0 Å². The molecule has 0 atom stereocenters. The number of ether oxygens (including phenoxy) is 1. The van der Waals surface area contributed by atoms with E-state index in [-0.39, 0.29) is 30.4 Å². The van der Waals surface area contributed by atoms with Crippen molar-refractivity contribution in [3.63, 3.8) is 0 Å². The van der Waals surface area contributed by atoms with Gasteiger partial charge in [0, 0.05) is 54.2 Å². The van der Waals surface area contributed by atoms with Gasteiger partial charge < -0.3 is 29.1 Å².